The minimum Gasteiger partial charge on any atom is -0.351 e. The first-order chi connectivity index (χ1) is 8.24. The van der Waals surface area contributed by atoms with Gasteiger partial charge in [-0.2, -0.15) is 5.26 Å². The molecule has 86 valence electrons. The average molecular weight is 243 g/mol. The smallest absolute Gasteiger partial charge is 0.146 e. The fourth-order valence-corrected chi connectivity index (χ4v) is 2.50. The van der Waals surface area contributed by atoms with E-state index in [1.807, 2.05) is 18.0 Å². The number of aromatic nitrogens is 1. The SMILES string of the molecule is CC(c1cccs1)N(C)c1ncccc1C#N. The van der Waals surface area contributed by atoms with Crippen molar-refractivity contribution in [3.63, 3.8) is 0 Å². The fraction of sp³-hybridized carbons (Fsp3) is 0.231. The highest BCUT2D eigenvalue weighted by molar-refractivity contribution is 7.10. The lowest BCUT2D eigenvalue weighted by molar-refractivity contribution is 0.741. The first kappa shape index (κ1) is 11.6. The maximum Gasteiger partial charge on any atom is 0.146 e. The van der Waals surface area contributed by atoms with Crippen molar-refractivity contribution < 1.29 is 0 Å². The number of nitriles is 1. The molecule has 2 heterocycles. The van der Waals surface area contributed by atoms with Gasteiger partial charge in [-0.3, -0.25) is 0 Å². The van der Waals surface area contributed by atoms with Crippen molar-refractivity contribution in [1.29, 1.82) is 5.26 Å². The van der Waals surface area contributed by atoms with Crippen molar-refractivity contribution in [3.8, 4) is 6.07 Å². The van der Waals surface area contributed by atoms with Crippen LogP contribution in [-0.2, 0) is 0 Å². The number of hydrogen-bond acceptors (Lipinski definition) is 4. The van der Waals surface area contributed by atoms with Gasteiger partial charge in [0, 0.05) is 18.1 Å². The van der Waals surface area contributed by atoms with Gasteiger partial charge in [-0.25, -0.2) is 4.98 Å². The van der Waals surface area contributed by atoms with E-state index in [4.69, 9.17) is 5.26 Å². The largest absolute Gasteiger partial charge is 0.351 e. The molecule has 0 aliphatic heterocycles. The highest BCUT2D eigenvalue weighted by atomic mass is 32.1. The molecule has 2 aromatic rings. The third kappa shape index (κ3) is 2.29. The highest BCUT2D eigenvalue weighted by Gasteiger charge is 2.16. The number of thiophene rings is 1. The van der Waals surface area contributed by atoms with Crippen molar-refractivity contribution in [2.24, 2.45) is 0 Å². The van der Waals surface area contributed by atoms with Crippen LogP contribution in [0.15, 0.2) is 35.8 Å². The van der Waals surface area contributed by atoms with Crippen molar-refractivity contribution >= 4 is 17.2 Å². The standard InChI is InChI=1S/C13H13N3S/c1-10(12-6-4-8-17-12)16(2)13-11(9-14)5-3-7-15-13/h3-8,10H,1-2H3. The Labute approximate surface area is 105 Å². The Morgan fingerprint density at radius 3 is 2.88 bits per heavy atom. The third-order valence-corrected chi connectivity index (χ3v) is 3.82. The maximum absolute atomic E-state index is 9.07. The van der Waals surface area contributed by atoms with Gasteiger partial charge in [-0.05, 0) is 30.5 Å². The first-order valence-electron chi connectivity index (χ1n) is 5.35. The van der Waals surface area contributed by atoms with Gasteiger partial charge in [0.15, 0.2) is 0 Å². The number of hydrogen-bond donors (Lipinski definition) is 0. The zero-order valence-corrected chi connectivity index (χ0v) is 10.6. The van der Waals surface area contributed by atoms with Gasteiger partial charge in [-0.1, -0.05) is 6.07 Å². The lowest BCUT2D eigenvalue weighted by Gasteiger charge is -2.25. The van der Waals surface area contributed by atoms with Crippen molar-refractivity contribution in [2.75, 3.05) is 11.9 Å². The fourth-order valence-electron chi connectivity index (χ4n) is 1.67. The Morgan fingerprint density at radius 1 is 1.41 bits per heavy atom. The summed E-state index contributed by atoms with van der Waals surface area (Å²) in [5.41, 5.74) is 0.610. The highest BCUT2D eigenvalue weighted by Crippen LogP contribution is 2.28. The number of nitrogens with zero attached hydrogens (tertiary/aromatic N) is 3. The van der Waals surface area contributed by atoms with Crippen molar-refractivity contribution in [1.82, 2.24) is 4.98 Å². The van der Waals surface area contributed by atoms with Gasteiger partial charge in [0.05, 0.1) is 11.6 Å². The predicted octanol–water partition coefficient (Wildman–Crippen LogP) is 3.21. The summed E-state index contributed by atoms with van der Waals surface area (Å²) in [5.74, 6) is 0.732. The minimum absolute atomic E-state index is 0.219. The second kappa shape index (κ2) is 4.98. The second-order valence-corrected chi connectivity index (χ2v) is 4.77. The molecule has 0 aromatic carbocycles. The van der Waals surface area contributed by atoms with E-state index < -0.39 is 0 Å². The number of anilines is 1. The van der Waals surface area contributed by atoms with Crippen molar-refractivity contribution in [3.05, 3.63) is 46.3 Å². The molecule has 0 N–H and O–H groups in total. The molecule has 0 amide bonds. The van der Waals surface area contributed by atoms with Crippen LogP contribution >= 0.6 is 11.3 Å². The average Bonchev–Trinajstić information content (AvgIpc) is 2.90. The molecule has 0 radical (unpaired) electrons. The van der Waals surface area contributed by atoms with E-state index in [1.165, 1.54) is 4.88 Å². The third-order valence-electron chi connectivity index (χ3n) is 2.78. The zero-order valence-electron chi connectivity index (χ0n) is 9.79. The van der Waals surface area contributed by atoms with Crippen LogP contribution in [0.25, 0.3) is 0 Å². The van der Waals surface area contributed by atoms with Crippen LogP contribution in [0.4, 0.5) is 5.82 Å². The molecule has 0 fully saturated rings. The number of pyridine rings is 1. The zero-order chi connectivity index (χ0) is 12.3. The quantitative estimate of drug-likeness (QED) is 0.831. The summed E-state index contributed by atoms with van der Waals surface area (Å²) in [6, 6.07) is 10.1. The lowest BCUT2D eigenvalue weighted by atomic mass is 10.2. The van der Waals surface area contributed by atoms with Gasteiger partial charge in [0.25, 0.3) is 0 Å². The van der Waals surface area contributed by atoms with Gasteiger partial charge in [-0.15, -0.1) is 11.3 Å². The molecule has 0 saturated carbocycles. The van der Waals surface area contributed by atoms with Crippen LogP contribution in [0.3, 0.4) is 0 Å². The summed E-state index contributed by atoms with van der Waals surface area (Å²) in [6.07, 6.45) is 1.72. The Kier molecular flexibility index (Phi) is 3.40. The molecule has 2 rings (SSSR count). The molecular weight excluding hydrogens is 230 g/mol. The van der Waals surface area contributed by atoms with E-state index in [0.29, 0.717) is 5.56 Å². The number of rotatable bonds is 3. The molecule has 0 aliphatic rings. The Hall–Kier alpha value is -1.86. The van der Waals surface area contributed by atoms with Gasteiger partial charge < -0.3 is 4.90 Å². The molecule has 0 saturated heterocycles. The molecule has 1 atom stereocenters. The lowest BCUT2D eigenvalue weighted by Crippen LogP contribution is -2.22. The normalized spacial score (nSPS) is 11.8. The molecular formula is C13H13N3S. The Bertz CT molecular complexity index is 528. The molecule has 2 aromatic heterocycles. The molecule has 0 aliphatic carbocycles. The van der Waals surface area contributed by atoms with Crippen molar-refractivity contribution in [2.45, 2.75) is 13.0 Å². The Balaban J connectivity index is 2.31. The van der Waals surface area contributed by atoms with Crippen LogP contribution in [0, 0.1) is 11.3 Å². The second-order valence-electron chi connectivity index (χ2n) is 3.79. The summed E-state index contributed by atoms with van der Waals surface area (Å²) in [5, 5.41) is 11.1. The van der Waals surface area contributed by atoms with Gasteiger partial charge >= 0.3 is 0 Å². The van der Waals surface area contributed by atoms with Crippen LogP contribution in [-0.4, -0.2) is 12.0 Å². The summed E-state index contributed by atoms with van der Waals surface area (Å²) in [6.45, 7) is 2.11. The molecule has 4 heteroatoms. The van der Waals surface area contributed by atoms with Crippen LogP contribution < -0.4 is 4.90 Å². The molecule has 17 heavy (non-hydrogen) atoms. The Morgan fingerprint density at radius 2 is 2.24 bits per heavy atom. The van der Waals surface area contributed by atoms with Gasteiger partial charge in [0.1, 0.15) is 11.9 Å². The van der Waals surface area contributed by atoms with Gasteiger partial charge in [0.2, 0.25) is 0 Å². The predicted molar refractivity (Wildman–Crippen MR) is 70.1 cm³/mol. The van der Waals surface area contributed by atoms with E-state index in [0.717, 1.165) is 5.82 Å². The monoisotopic (exact) mass is 243 g/mol. The molecule has 1 unspecified atom stereocenters. The topological polar surface area (TPSA) is 39.9 Å². The van der Waals surface area contributed by atoms with E-state index >= 15 is 0 Å². The molecule has 0 bridgehead atoms. The van der Waals surface area contributed by atoms with E-state index in [-0.39, 0.29) is 6.04 Å². The van der Waals surface area contributed by atoms with Crippen LogP contribution in [0.2, 0.25) is 0 Å². The van der Waals surface area contributed by atoms with E-state index in [2.05, 4.69) is 29.4 Å². The van der Waals surface area contributed by atoms with Crippen LogP contribution in [0.1, 0.15) is 23.4 Å². The van der Waals surface area contributed by atoms with E-state index in [9.17, 15) is 0 Å². The summed E-state index contributed by atoms with van der Waals surface area (Å²) in [7, 11) is 1.97. The summed E-state index contributed by atoms with van der Waals surface area (Å²) >= 11 is 1.72. The molecule has 3 nitrogen and oxygen atoms in total. The summed E-state index contributed by atoms with van der Waals surface area (Å²) in [4.78, 5) is 7.59. The maximum atomic E-state index is 9.07. The minimum atomic E-state index is 0.219. The molecule has 0 spiro atoms. The first-order valence-corrected chi connectivity index (χ1v) is 6.23. The van der Waals surface area contributed by atoms with Crippen LogP contribution in [0.5, 0.6) is 0 Å². The summed E-state index contributed by atoms with van der Waals surface area (Å²) < 4.78 is 0. The van der Waals surface area contributed by atoms with E-state index in [1.54, 1.807) is 29.7 Å².